The summed E-state index contributed by atoms with van der Waals surface area (Å²) in [5.41, 5.74) is -0.493. The summed E-state index contributed by atoms with van der Waals surface area (Å²) in [6.07, 6.45) is 1.04. The van der Waals surface area contributed by atoms with E-state index >= 15 is 0 Å². The first-order valence-electron chi connectivity index (χ1n) is 5.71. The Morgan fingerprint density at radius 2 is 2.19 bits per heavy atom. The number of nitrogens with zero attached hydrogens (tertiary/aromatic N) is 2. The Hall–Kier alpha value is -3.03. The van der Waals surface area contributed by atoms with Crippen molar-refractivity contribution < 1.29 is 24.0 Å². The lowest BCUT2D eigenvalue weighted by Crippen LogP contribution is -2.03. The van der Waals surface area contributed by atoms with Crippen LogP contribution in [0.1, 0.15) is 16.1 Å². The van der Waals surface area contributed by atoms with Crippen molar-refractivity contribution in [2.24, 2.45) is 0 Å². The van der Waals surface area contributed by atoms with Crippen molar-refractivity contribution in [3.8, 4) is 11.5 Å². The highest BCUT2D eigenvalue weighted by molar-refractivity contribution is 5.90. The van der Waals surface area contributed by atoms with Crippen molar-refractivity contribution in [2.75, 3.05) is 0 Å². The Morgan fingerprint density at radius 1 is 1.48 bits per heavy atom. The molecular weight excluding hydrogens is 283 g/mol. The molecule has 108 valence electrons. The molecule has 0 atom stereocenters. The summed E-state index contributed by atoms with van der Waals surface area (Å²) in [6, 6.07) is 4.47. The third-order valence-corrected chi connectivity index (χ3v) is 2.59. The minimum atomic E-state index is -1.34. The summed E-state index contributed by atoms with van der Waals surface area (Å²) in [7, 11) is 0. The number of halogens is 1. The van der Waals surface area contributed by atoms with Crippen molar-refractivity contribution in [1.82, 2.24) is 4.98 Å². The molecule has 0 aliphatic heterocycles. The molecule has 1 heterocycles. The fourth-order valence-electron chi connectivity index (χ4n) is 1.63. The number of nitro groups is 1. The third kappa shape index (κ3) is 2.94. The normalized spacial score (nSPS) is 10.2. The molecule has 0 amide bonds. The zero-order valence-electron chi connectivity index (χ0n) is 10.7. The van der Waals surface area contributed by atoms with Gasteiger partial charge in [-0.2, -0.15) is 0 Å². The van der Waals surface area contributed by atoms with Gasteiger partial charge in [0, 0.05) is 24.0 Å². The molecule has 0 unspecified atom stereocenters. The molecule has 0 bridgehead atoms. The van der Waals surface area contributed by atoms with E-state index in [9.17, 15) is 19.3 Å². The maximum atomic E-state index is 13.7. The lowest BCUT2D eigenvalue weighted by atomic mass is 10.2. The number of carboxylic acid groups (broad SMARTS) is 1. The first kappa shape index (κ1) is 14.4. The van der Waals surface area contributed by atoms with E-state index in [1.54, 1.807) is 6.92 Å². The highest BCUT2D eigenvalue weighted by Gasteiger charge is 2.22. The number of aryl methyl sites for hydroxylation is 1. The van der Waals surface area contributed by atoms with Gasteiger partial charge in [0.05, 0.1) is 4.92 Å². The molecule has 1 N–H and O–H groups in total. The van der Waals surface area contributed by atoms with Crippen molar-refractivity contribution >= 4 is 11.7 Å². The van der Waals surface area contributed by atoms with E-state index in [1.165, 1.54) is 6.07 Å². The van der Waals surface area contributed by atoms with E-state index in [0.717, 1.165) is 24.4 Å². The Balaban J connectivity index is 2.55. The van der Waals surface area contributed by atoms with Gasteiger partial charge in [-0.05, 0) is 13.0 Å². The number of benzene rings is 1. The molecule has 1 aromatic carbocycles. The average Bonchev–Trinajstić information content (AvgIpc) is 2.40. The van der Waals surface area contributed by atoms with Crippen LogP contribution in [-0.2, 0) is 0 Å². The summed E-state index contributed by atoms with van der Waals surface area (Å²) in [5, 5.41) is 19.9. The molecule has 2 aromatic rings. The van der Waals surface area contributed by atoms with Crippen LogP contribution in [0.25, 0.3) is 0 Å². The largest absolute Gasteiger partial charge is 0.477 e. The highest BCUT2D eigenvalue weighted by Crippen LogP contribution is 2.35. The van der Waals surface area contributed by atoms with E-state index < -0.39 is 28.1 Å². The van der Waals surface area contributed by atoms with Crippen LogP contribution in [-0.4, -0.2) is 21.0 Å². The smallest absolute Gasteiger partial charge is 0.341 e. The maximum absolute atomic E-state index is 13.7. The number of rotatable bonds is 4. The zero-order chi connectivity index (χ0) is 15.6. The predicted octanol–water partition coefficient (Wildman–Crippen LogP) is 2.93. The monoisotopic (exact) mass is 292 g/mol. The van der Waals surface area contributed by atoms with Gasteiger partial charge in [0.15, 0.2) is 5.82 Å². The van der Waals surface area contributed by atoms with E-state index in [-0.39, 0.29) is 11.3 Å². The Labute approximate surface area is 117 Å². The summed E-state index contributed by atoms with van der Waals surface area (Å²) < 4.78 is 18.9. The van der Waals surface area contributed by atoms with Gasteiger partial charge < -0.3 is 9.84 Å². The quantitative estimate of drug-likeness (QED) is 0.686. The Kier molecular flexibility index (Phi) is 3.79. The second kappa shape index (κ2) is 5.53. The summed E-state index contributed by atoms with van der Waals surface area (Å²) in [5.74, 6) is -3.16. The first-order chi connectivity index (χ1) is 9.90. The van der Waals surface area contributed by atoms with E-state index in [4.69, 9.17) is 9.84 Å². The standard InChI is InChI=1S/C13H9FN2O5/c1-7-5-11(8(6-15-7)13(17)18)21-12-9(14)3-2-4-10(12)16(19)20/h2-6H,1H3,(H,17,18). The summed E-state index contributed by atoms with van der Waals surface area (Å²) >= 11 is 0. The van der Waals surface area contributed by atoms with Gasteiger partial charge in [-0.1, -0.05) is 6.07 Å². The van der Waals surface area contributed by atoms with Crippen molar-refractivity contribution in [3.63, 3.8) is 0 Å². The maximum Gasteiger partial charge on any atom is 0.341 e. The lowest BCUT2D eigenvalue weighted by molar-refractivity contribution is -0.385. The van der Waals surface area contributed by atoms with Crippen LogP contribution in [0.5, 0.6) is 11.5 Å². The SMILES string of the molecule is Cc1cc(Oc2c(F)cccc2[N+](=O)[O-])c(C(=O)O)cn1. The average molecular weight is 292 g/mol. The van der Waals surface area contributed by atoms with Crippen molar-refractivity contribution in [2.45, 2.75) is 6.92 Å². The van der Waals surface area contributed by atoms with E-state index in [0.29, 0.717) is 5.69 Å². The van der Waals surface area contributed by atoms with Gasteiger partial charge >= 0.3 is 11.7 Å². The number of nitro benzene ring substituents is 1. The van der Waals surface area contributed by atoms with Gasteiger partial charge in [-0.25, -0.2) is 9.18 Å². The van der Waals surface area contributed by atoms with Crippen LogP contribution >= 0.6 is 0 Å². The van der Waals surface area contributed by atoms with Gasteiger partial charge in [-0.15, -0.1) is 0 Å². The molecule has 0 aliphatic rings. The van der Waals surface area contributed by atoms with Crippen molar-refractivity contribution in [1.29, 1.82) is 0 Å². The number of hydrogen-bond acceptors (Lipinski definition) is 5. The van der Waals surface area contributed by atoms with Crippen molar-refractivity contribution in [3.05, 3.63) is 57.7 Å². The topological polar surface area (TPSA) is 103 Å². The molecule has 1 aromatic heterocycles. The van der Waals surface area contributed by atoms with E-state index in [1.807, 2.05) is 0 Å². The van der Waals surface area contributed by atoms with Crippen LogP contribution in [0.4, 0.5) is 10.1 Å². The molecule has 0 aliphatic carbocycles. The van der Waals surface area contributed by atoms with Crippen LogP contribution in [0, 0.1) is 22.9 Å². The number of carbonyl (C=O) groups is 1. The van der Waals surface area contributed by atoms with Gasteiger partial charge in [0.25, 0.3) is 0 Å². The number of aromatic nitrogens is 1. The Bertz CT molecular complexity index is 732. The second-order valence-corrected chi connectivity index (χ2v) is 4.07. The molecule has 21 heavy (non-hydrogen) atoms. The van der Waals surface area contributed by atoms with Crippen LogP contribution in [0.15, 0.2) is 30.5 Å². The molecule has 8 heteroatoms. The number of ether oxygens (including phenoxy) is 1. The predicted molar refractivity (Wildman–Crippen MR) is 69.1 cm³/mol. The molecule has 0 fully saturated rings. The third-order valence-electron chi connectivity index (χ3n) is 2.59. The fraction of sp³-hybridized carbons (Fsp3) is 0.0769. The second-order valence-electron chi connectivity index (χ2n) is 4.07. The van der Waals surface area contributed by atoms with Gasteiger partial charge in [0.1, 0.15) is 11.3 Å². The molecule has 0 radical (unpaired) electrons. The van der Waals surface area contributed by atoms with Crippen LogP contribution < -0.4 is 4.74 Å². The minimum Gasteiger partial charge on any atom is -0.477 e. The molecule has 0 saturated carbocycles. The summed E-state index contributed by atoms with van der Waals surface area (Å²) in [6.45, 7) is 1.58. The molecular formula is C13H9FN2O5. The van der Waals surface area contributed by atoms with E-state index in [2.05, 4.69) is 4.98 Å². The van der Waals surface area contributed by atoms with Crippen LogP contribution in [0.2, 0.25) is 0 Å². The number of aromatic carboxylic acids is 1. The summed E-state index contributed by atoms with van der Waals surface area (Å²) in [4.78, 5) is 24.9. The molecule has 2 rings (SSSR count). The zero-order valence-corrected chi connectivity index (χ0v) is 10.7. The first-order valence-corrected chi connectivity index (χ1v) is 5.71. The minimum absolute atomic E-state index is 0.219. The lowest BCUT2D eigenvalue weighted by Gasteiger charge is -2.10. The number of para-hydroxylation sites is 1. The fourth-order valence-corrected chi connectivity index (χ4v) is 1.63. The van der Waals surface area contributed by atoms with Gasteiger partial charge in [0.2, 0.25) is 5.75 Å². The number of hydrogen-bond donors (Lipinski definition) is 1. The molecule has 7 nitrogen and oxygen atoms in total. The van der Waals surface area contributed by atoms with Gasteiger partial charge in [-0.3, -0.25) is 15.1 Å². The molecule has 0 spiro atoms. The highest BCUT2D eigenvalue weighted by atomic mass is 19.1. The Morgan fingerprint density at radius 3 is 2.81 bits per heavy atom. The number of carboxylic acids is 1. The van der Waals surface area contributed by atoms with Crippen LogP contribution in [0.3, 0.4) is 0 Å². The number of pyridine rings is 1. The molecule has 0 saturated heterocycles.